The van der Waals surface area contributed by atoms with Crippen molar-refractivity contribution in [1.82, 2.24) is 9.29 Å². The number of hydrogen-bond acceptors (Lipinski definition) is 3. The second kappa shape index (κ2) is 6.41. The molecule has 3 aromatic rings. The summed E-state index contributed by atoms with van der Waals surface area (Å²) in [7, 11) is -3.62. The Labute approximate surface area is 151 Å². The van der Waals surface area contributed by atoms with Crippen molar-refractivity contribution in [2.75, 3.05) is 13.2 Å². The van der Waals surface area contributed by atoms with E-state index in [1.54, 1.807) is 30.3 Å². The topological polar surface area (TPSA) is 62.4 Å². The molecule has 1 aliphatic heterocycles. The van der Waals surface area contributed by atoms with Crippen molar-refractivity contribution in [3.63, 3.8) is 0 Å². The molecule has 0 atom stereocenters. The summed E-state index contributed by atoms with van der Waals surface area (Å²) in [6.45, 7) is 3.02. The molecule has 0 fully saturated rings. The largest absolute Gasteiger partial charge is 0.494 e. The number of aromatic amines is 1. The summed E-state index contributed by atoms with van der Waals surface area (Å²) in [4.78, 5) is 3.50. The van der Waals surface area contributed by atoms with Crippen molar-refractivity contribution < 1.29 is 17.5 Å². The molecule has 1 N–H and O–H groups in total. The lowest BCUT2D eigenvalue weighted by molar-refractivity contribution is 0.340. The number of aromatic nitrogens is 1. The van der Waals surface area contributed by atoms with Crippen LogP contribution in [-0.4, -0.2) is 30.9 Å². The summed E-state index contributed by atoms with van der Waals surface area (Å²) in [6, 6.07) is 11.0. The van der Waals surface area contributed by atoms with Crippen LogP contribution in [0, 0.1) is 5.82 Å². The molecular formula is C19H19FN2O3S. The average Bonchev–Trinajstić information content (AvgIpc) is 2.99. The second-order valence-corrected chi connectivity index (χ2v) is 8.20. The van der Waals surface area contributed by atoms with Crippen LogP contribution in [0.25, 0.3) is 10.9 Å². The average molecular weight is 374 g/mol. The van der Waals surface area contributed by atoms with E-state index in [0.717, 1.165) is 22.2 Å². The molecule has 0 amide bonds. The number of sulfonamides is 1. The van der Waals surface area contributed by atoms with Gasteiger partial charge in [-0.2, -0.15) is 4.31 Å². The molecule has 1 aromatic heterocycles. The molecule has 4 rings (SSSR count). The third-order valence-electron chi connectivity index (χ3n) is 4.67. The van der Waals surface area contributed by atoms with E-state index in [-0.39, 0.29) is 17.3 Å². The normalized spacial score (nSPS) is 15.2. The van der Waals surface area contributed by atoms with Crippen LogP contribution >= 0.6 is 0 Å². The smallest absolute Gasteiger partial charge is 0.243 e. The highest BCUT2D eigenvalue weighted by molar-refractivity contribution is 7.89. The molecular weight excluding hydrogens is 355 g/mol. The van der Waals surface area contributed by atoms with Gasteiger partial charge in [-0.15, -0.1) is 0 Å². The molecule has 0 bridgehead atoms. The van der Waals surface area contributed by atoms with Crippen molar-refractivity contribution in [1.29, 1.82) is 0 Å². The summed E-state index contributed by atoms with van der Waals surface area (Å²) in [5, 5.41) is 0.742. The summed E-state index contributed by atoms with van der Waals surface area (Å²) < 4.78 is 46.4. The summed E-state index contributed by atoms with van der Waals surface area (Å²) in [5.74, 6) is 0.310. The van der Waals surface area contributed by atoms with Gasteiger partial charge in [0.1, 0.15) is 11.6 Å². The van der Waals surface area contributed by atoms with E-state index in [4.69, 9.17) is 4.74 Å². The van der Waals surface area contributed by atoms with Gasteiger partial charge in [-0.05, 0) is 55.0 Å². The van der Waals surface area contributed by atoms with Gasteiger partial charge in [0.2, 0.25) is 10.0 Å². The highest BCUT2D eigenvalue weighted by Crippen LogP contribution is 2.31. The molecule has 1 aliphatic rings. The molecule has 0 radical (unpaired) electrons. The Hall–Kier alpha value is -2.38. The van der Waals surface area contributed by atoms with Gasteiger partial charge in [-0.3, -0.25) is 0 Å². The predicted octanol–water partition coefficient (Wildman–Crippen LogP) is 3.45. The van der Waals surface area contributed by atoms with E-state index in [2.05, 4.69) is 4.98 Å². The van der Waals surface area contributed by atoms with Crippen molar-refractivity contribution in [2.45, 2.75) is 24.8 Å². The molecule has 0 saturated carbocycles. The fourth-order valence-electron chi connectivity index (χ4n) is 3.39. The summed E-state index contributed by atoms with van der Waals surface area (Å²) in [5.41, 5.74) is 2.65. The van der Waals surface area contributed by atoms with Gasteiger partial charge >= 0.3 is 0 Å². The zero-order chi connectivity index (χ0) is 18.3. The van der Waals surface area contributed by atoms with E-state index >= 15 is 0 Å². The van der Waals surface area contributed by atoms with Gasteiger partial charge in [0, 0.05) is 36.1 Å². The third kappa shape index (κ3) is 2.87. The quantitative estimate of drug-likeness (QED) is 0.761. The molecule has 2 aromatic carbocycles. The van der Waals surface area contributed by atoms with Gasteiger partial charge in [0.15, 0.2) is 0 Å². The number of halogens is 1. The number of rotatable bonds is 4. The van der Waals surface area contributed by atoms with Crippen molar-refractivity contribution in [3.05, 3.63) is 59.5 Å². The van der Waals surface area contributed by atoms with Crippen LogP contribution in [0.5, 0.6) is 5.75 Å². The number of fused-ring (bicyclic) bond motifs is 3. The lowest BCUT2D eigenvalue weighted by atomic mass is 10.1. The molecule has 0 aliphatic carbocycles. The van der Waals surface area contributed by atoms with Crippen LogP contribution in [0.2, 0.25) is 0 Å². The van der Waals surface area contributed by atoms with Crippen molar-refractivity contribution in [2.24, 2.45) is 0 Å². The Morgan fingerprint density at radius 1 is 1.19 bits per heavy atom. The van der Waals surface area contributed by atoms with Crippen LogP contribution in [0.1, 0.15) is 18.2 Å². The van der Waals surface area contributed by atoms with Crippen LogP contribution in [0.15, 0.2) is 47.4 Å². The lowest BCUT2D eigenvalue weighted by Gasteiger charge is -2.26. The van der Waals surface area contributed by atoms with Gasteiger partial charge < -0.3 is 9.72 Å². The number of hydrogen-bond donors (Lipinski definition) is 1. The number of nitrogens with one attached hydrogen (secondary N) is 1. The van der Waals surface area contributed by atoms with Crippen molar-refractivity contribution in [3.8, 4) is 5.75 Å². The van der Waals surface area contributed by atoms with Crippen LogP contribution in [-0.2, 0) is 23.0 Å². The monoisotopic (exact) mass is 374 g/mol. The maximum absolute atomic E-state index is 13.6. The fourth-order valence-corrected chi connectivity index (χ4v) is 4.80. The highest BCUT2D eigenvalue weighted by Gasteiger charge is 2.30. The first-order valence-electron chi connectivity index (χ1n) is 8.51. The highest BCUT2D eigenvalue weighted by atomic mass is 32.2. The molecule has 0 saturated heterocycles. The Bertz CT molecular complexity index is 1060. The zero-order valence-corrected chi connectivity index (χ0v) is 15.1. The SMILES string of the molecule is CCOc1ccc(S(=O)(=O)N2CCc3[nH]c4ccc(F)cc4c3C2)cc1. The fraction of sp³-hybridized carbons (Fsp3) is 0.263. The van der Waals surface area contributed by atoms with E-state index in [9.17, 15) is 12.8 Å². The molecule has 2 heterocycles. The first-order valence-corrected chi connectivity index (χ1v) is 9.95. The van der Waals surface area contributed by atoms with E-state index in [1.807, 2.05) is 6.92 Å². The lowest BCUT2D eigenvalue weighted by Crippen LogP contribution is -2.35. The number of H-pyrrole nitrogens is 1. The van der Waals surface area contributed by atoms with Gasteiger partial charge in [-0.25, -0.2) is 12.8 Å². The molecule has 7 heteroatoms. The number of nitrogens with zero attached hydrogens (tertiary/aromatic N) is 1. The minimum Gasteiger partial charge on any atom is -0.494 e. The Morgan fingerprint density at radius 3 is 2.69 bits per heavy atom. The van der Waals surface area contributed by atoms with Gasteiger partial charge in [-0.1, -0.05) is 0 Å². The van der Waals surface area contributed by atoms with Gasteiger partial charge in [0.25, 0.3) is 0 Å². The molecule has 136 valence electrons. The first-order chi connectivity index (χ1) is 12.5. The number of ether oxygens (including phenoxy) is 1. The first kappa shape index (κ1) is 17.1. The Kier molecular flexibility index (Phi) is 4.20. The molecule has 5 nitrogen and oxygen atoms in total. The van der Waals surface area contributed by atoms with Crippen LogP contribution in [0.3, 0.4) is 0 Å². The van der Waals surface area contributed by atoms with Crippen LogP contribution in [0.4, 0.5) is 4.39 Å². The summed E-state index contributed by atoms with van der Waals surface area (Å²) >= 11 is 0. The second-order valence-electron chi connectivity index (χ2n) is 6.27. The van der Waals surface area contributed by atoms with Gasteiger partial charge in [0.05, 0.1) is 11.5 Å². The zero-order valence-electron chi connectivity index (χ0n) is 14.3. The van der Waals surface area contributed by atoms with Crippen LogP contribution < -0.4 is 4.74 Å². The van der Waals surface area contributed by atoms with Crippen molar-refractivity contribution >= 4 is 20.9 Å². The summed E-state index contributed by atoms with van der Waals surface area (Å²) in [6.07, 6.45) is 0.571. The minimum atomic E-state index is -3.62. The third-order valence-corrected chi connectivity index (χ3v) is 6.53. The molecule has 0 spiro atoms. The predicted molar refractivity (Wildman–Crippen MR) is 97.2 cm³/mol. The minimum absolute atomic E-state index is 0.230. The number of benzene rings is 2. The Morgan fingerprint density at radius 2 is 1.96 bits per heavy atom. The van der Waals surface area contributed by atoms with E-state index in [1.165, 1.54) is 16.4 Å². The maximum Gasteiger partial charge on any atom is 0.243 e. The standard InChI is InChI=1S/C19H19FN2O3S/c1-2-25-14-4-6-15(7-5-14)26(23,24)22-10-9-19-17(12-22)16-11-13(20)3-8-18(16)21-19/h3-8,11,21H,2,9-10,12H2,1H3. The molecule has 26 heavy (non-hydrogen) atoms. The Balaban J connectivity index is 1.67. The van der Waals surface area contributed by atoms with E-state index < -0.39 is 10.0 Å². The molecule has 0 unspecified atom stereocenters. The maximum atomic E-state index is 13.6. The van der Waals surface area contributed by atoms with E-state index in [0.29, 0.717) is 25.3 Å².